The Labute approximate surface area is 190 Å². The fraction of sp³-hybridized carbons (Fsp3) is 0.500. The van der Waals surface area contributed by atoms with E-state index in [1.165, 1.54) is 36.9 Å². The Hall–Kier alpha value is -2.45. The molecule has 0 atom stereocenters. The van der Waals surface area contributed by atoms with Crippen LogP contribution in [0.2, 0.25) is 0 Å². The number of aryl methyl sites for hydroxylation is 1. The van der Waals surface area contributed by atoms with Crippen LogP contribution in [0.25, 0.3) is 0 Å². The highest BCUT2D eigenvalue weighted by atomic mass is 32.2. The predicted molar refractivity (Wildman–Crippen MR) is 124 cm³/mol. The van der Waals surface area contributed by atoms with Crippen molar-refractivity contribution in [2.45, 2.75) is 56.9 Å². The van der Waals surface area contributed by atoms with E-state index in [-0.39, 0.29) is 6.54 Å². The van der Waals surface area contributed by atoms with Gasteiger partial charge in [-0.2, -0.15) is 0 Å². The summed E-state index contributed by atoms with van der Waals surface area (Å²) in [4.78, 5) is 18.5. The van der Waals surface area contributed by atoms with Gasteiger partial charge in [-0.3, -0.25) is 9.29 Å². The van der Waals surface area contributed by atoms with Gasteiger partial charge in [0.05, 0.1) is 35.8 Å². The largest absolute Gasteiger partial charge is 0.465 e. The third kappa shape index (κ3) is 4.81. The van der Waals surface area contributed by atoms with Crippen molar-refractivity contribution in [3.63, 3.8) is 0 Å². The van der Waals surface area contributed by atoms with Crippen molar-refractivity contribution in [3.8, 4) is 0 Å². The predicted octanol–water partition coefficient (Wildman–Crippen LogP) is 3.53. The molecule has 1 aliphatic heterocycles. The number of rotatable bonds is 7. The van der Waals surface area contributed by atoms with Crippen molar-refractivity contribution in [3.05, 3.63) is 59.4 Å². The molecular weight excluding hydrogens is 426 g/mol. The summed E-state index contributed by atoms with van der Waals surface area (Å²) in [5.41, 5.74) is 2.56. The van der Waals surface area contributed by atoms with Crippen LogP contribution in [-0.2, 0) is 21.3 Å². The maximum atomic E-state index is 13.8. The number of ether oxygens (including phenoxy) is 1. The number of carbonyl (C=O) groups is 1. The topological polar surface area (TPSA) is 79.8 Å². The van der Waals surface area contributed by atoms with Gasteiger partial charge in [0.2, 0.25) is 10.0 Å². The Kier molecular flexibility index (Phi) is 6.81. The van der Waals surface area contributed by atoms with E-state index < -0.39 is 21.2 Å². The number of anilines is 1. The lowest BCUT2D eigenvalue weighted by atomic mass is 9.90. The van der Waals surface area contributed by atoms with Crippen molar-refractivity contribution in [1.82, 2.24) is 9.88 Å². The second kappa shape index (κ2) is 9.58. The average molecular weight is 458 g/mol. The van der Waals surface area contributed by atoms with Gasteiger partial charge in [-0.1, -0.05) is 18.6 Å². The first kappa shape index (κ1) is 22.7. The number of carbonyl (C=O) groups excluding carboxylic acids is 1. The summed E-state index contributed by atoms with van der Waals surface area (Å²) in [6.07, 6.45) is 6.48. The van der Waals surface area contributed by atoms with E-state index in [4.69, 9.17) is 4.74 Å². The van der Waals surface area contributed by atoms with Crippen LogP contribution < -0.4 is 4.31 Å². The van der Waals surface area contributed by atoms with Gasteiger partial charge < -0.3 is 9.64 Å². The first-order valence-electron chi connectivity index (χ1n) is 11.2. The summed E-state index contributed by atoms with van der Waals surface area (Å²) in [7, 11) is -2.27. The molecule has 0 unspecified atom stereocenters. The molecule has 1 aliphatic carbocycles. The number of benzene rings is 1. The lowest BCUT2D eigenvalue weighted by Gasteiger charge is -2.42. The number of esters is 1. The molecule has 2 fully saturated rings. The first-order valence-corrected chi connectivity index (χ1v) is 12.7. The zero-order chi connectivity index (χ0) is 22.7. The molecule has 8 heteroatoms. The number of piperidine rings is 1. The lowest BCUT2D eigenvalue weighted by molar-refractivity contribution is 0.0600. The number of nitrogens with zero attached hydrogens (tertiary/aromatic N) is 3. The molecule has 172 valence electrons. The van der Waals surface area contributed by atoms with Gasteiger partial charge in [-0.25, -0.2) is 13.2 Å². The summed E-state index contributed by atoms with van der Waals surface area (Å²) in [6.45, 7) is 3.75. The maximum Gasteiger partial charge on any atom is 0.339 e. The van der Waals surface area contributed by atoms with Gasteiger partial charge in [0, 0.05) is 12.2 Å². The highest BCUT2D eigenvalue weighted by Gasteiger charge is 2.37. The molecule has 0 bridgehead atoms. The monoisotopic (exact) mass is 457 g/mol. The normalized spacial score (nSPS) is 18.2. The van der Waals surface area contributed by atoms with Crippen molar-refractivity contribution in [1.29, 1.82) is 0 Å². The zero-order valence-electron chi connectivity index (χ0n) is 18.7. The molecule has 2 aromatic rings. The average Bonchev–Trinajstić information content (AvgIpc) is 2.76. The maximum absolute atomic E-state index is 13.8. The molecule has 1 saturated carbocycles. The Bertz CT molecular complexity index is 1040. The number of hydrogen-bond acceptors (Lipinski definition) is 6. The van der Waals surface area contributed by atoms with Crippen LogP contribution in [0.15, 0.2) is 42.6 Å². The van der Waals surface area contributed by atoms with Crippen molar-refractivity contribution < 1.29 is 17.9 Å². The van der Waals surface area contributed by atoms with Crippen LogP contribution in [0.4, 0.5) is 5.69 Å². The van der Waals surface area contributed by atoms with E-state index in [2.05, 4.69) is 9.88 Å². The van der Waals surface area contributed by atoms with E-state index in [0.717, 1.165) is 18.7 Å². The summed E-state index contributed by atoms with van der Waals surface area (Å²) >= 11 is 0. The first-order chi connectivity index (χ1) is 15.4. The molecule has 2 aliphatic rings. The van der Waals surface area contributed by atoms with Crippen molar-refractivity contribution >= 4 is 21.7 Å². The minimum Gasteiger partial charge on any atom is -0.465 e. The molecule has 1 aromatic heterocycles. The van der Waals surface area contributed by atoms with Crippen LogP contribution in [-0.4, -0.2) is 55.8 Å². The lowest BCUT2D eigenvalue weighted by Crippen LogP contribution is -2.49. The third-order valence-corrected chi connectivity index (χ3v) is 8.91. The van der Waals surface area contributed by atoms with Crippen LogP contribution in [0, 0.1) is 6.92 Å². The molecule has 7 nitrogen and oxygen atoms in total. The fourth-order valence-electron chi connectivity index (χ4n) is 4.49. The second-order valence-electron chi connectivity index (χ2n) is 8.74. The Balaban J connectivity index is 1.57. The van der Waals surface area contributed by atoms with Crippen molar-refractivity contribution in [2.24, 2.45) is 0 Å². The van der Waals surface area contributed by atoms with Gasteiger partial charge in [0.1, 0.15) is 0 Å². The molecule has 0 amide bonds. The second-order valence-corrected chi connectivity index (χ2v) is 10.9. The quantitative estimate of drug-likeness (QED) is 0.592. The summed E-state index contributed by atoms with van der Waals surface area (Å²) in [5.74, 6) is -0.467. The molecule has 0 radical (unpaired) electrons. The smallest absolute Gasteiger partial charge is 0.339 e. The number of pyridine rings is 1. The van der Waals surface area contributed by atoms with Crippen LogP contribution in [0.1, 0.15) is 53.7 Å². The van der Waals surface area contributed by atoms with Crippen LogP contribution >= 0.6 is 0 Å². The van der Waals surface area contributed by atoms with Gasteiger partial charge >= 0.3 is 5.97 Å². The molecule has 0 spiro atoms. The van der Waals surface area contributed by atoms with Crippen LogP contribution in [0.3, 0.4) is 0 Å². The minimum absolute atomic E-state index is 0.121. The molecule has 1 aromatic carbocycles. The molecular formula is C24H31N3O4S. The van der Waals surface area contributed by atoms with E-state index in [1.54, 1.807) is 12.1 Å². The fourth-order valence-corrected chi connectivity index (χ4v) is 6.37. The number of sulfonamides is 1. The van der Waals surface area contributed by atoms with Crippen molar-refractivity contribution in [2.75, 3.05) is 24.5 Å². The van der Waals surface area contributed by atoms with Gasteiger partial charge in [-0.05, 0) is 75.5 Å². The number of aromatic nitrogens is 1. The van der Waals surface area contributed by atoms with E-state index in [1.807, 2.05) is 31.2 Å². The Morgan fingerprint density at radius 2 is 1.91 bits per heavy atom. The number of likely N-dealkylation sites (tertiary alicyclic amines) is 1. The van der Waals surface area contributed by atoms with Gasteiger partial charge in [0.25, 0.3) is 0 Å². The van der Waals surface area contributed by atoms with E-state index >= 15 is 0 Å². The number of hydrogen-bond donors (Lipinski definition) is 0. The summed E-state index contributed by atoms with van der Waals surface area (Å²) in [5, 5.41) is -0.409. The Morgan fingerprint density at radius 3 is 2.47 bits per heavy atom. The minimum atomic E-state index is -3.59. The molecule has 0 N–H and O–H groups in total. The SMILES string of the molecule is COC(=O)c1ccc(CN(c2cccc(C)c2)S(=O)(=O)C2CCN(C3CCC3)CC2)nc1. The van der Waals surface area contributed by atoms with Gasteiger partial charge in [0.15, 0.2) is 0 Å². The molecule has 2 heterocycles. The Morgan fingerprint density at radius 1 is 1.16 bits per heavy atom. The standard InChI is InChI=1S/C24H31N3O4S/c1-18-5-3-8-22(15-18)27(17-20-10-9-19(16-25-20)24(28)31-2)32(29,30)23-11-13-26(14-12-23)21-6-4-7-21/h3,5,8-10,15-16,21,23H,4,6-7,11-14,17H2,1-2H3. The highest BCUT2D eigenvalue weighted by molar-refractivity contribution is 7.93. The van der Waals surface area contributed by atoms with Gasteiger partial charge in [-0.15, -0.1) is 0 Å². The summed E-state index contributed by atoms with van der Waals surface area (Å²) in [6, 6.07) is 11.5. The molecule has 4 rings (SSSR count). The molecule has 32 heavy (non-hydrogen) atoms. The van der Waals surface area contributed by atoms with E-state index in [9.17, 15) is 13.2 Å². The molecule has 1 saturated heterocycles. The van der Waals surface area contributed by atoms with Crippen LogP contribution in [0.5, 0.6) is 0 Å². The number of methoxy groups -OCH3 is 1. The highest BCUT2D eigenvalue weighted by Crippen LogP contribution is 2.32. The van der Waals surface area contributed by atoms with E-state index in [0.29, 0.717) is 35.8 Å². The summed E-state index contributed by atoms with van der Waals surface area (Å²) < 4.78 is 33.8. The zero-order valence-corrected chi connectivity index (χ0v) is 19.6. The third-order valence-electron chi connectivity index (χ3n) is 6.64.